The van der Waals surface area contributed by atoms with Gasteiger partial charge in [-0.15, -0.1) is 0 Å². The van der Waals surface area contributed by atoms with Crippen LogP contribution in [0.15, 0.2) is 73.3 Å². The Morgan fingerprint density at radius 3 is 2.11 bits per heavy atom. The molecule has 0 fully saturated rings. The Bertz CT molecular complexity index is 1620. The molecule has 0 saturated heterocycles. The highest BCUT2D eigenvalue weighted by molar-refractivity contribution is 5.94. The highest BCUT2D eigenvalue weighted by Gasteiger charge is 2.31. The molecule has 0 radical (unpaired) electrons. The highest BCUT2D eigenvalue weighted by Crippen LogP contribution is 2.19. The number of carboxylic acid groups (broad SMARTS) is 1. The maximum absolute atomic E-state index is 13.7. The number of nitrogens with one attached hydrogen (secondary N) is 5. The number of primary amides is 1. The molecule has 0 spiro atoms. The summed E-state index contributed by atoms with van der Waals surface area (Å²) in [6, 6.07) is 11.6. The van der Waals surface area contributed by atoms with Gasteiger partial charge < -0.3 is 42.5 Å². The van der Waals surface area contributed by atoms with E-state index in [1.807, 2.05) is 24.3 Å². The molecule has 0 aliphatic heterocycles. The van der Waals surface area contributed by atoms with E-state index in [0.29, 0.717) is 11.3 Å². The van der Waals surface area contributed by atoms with Crippen LogP contribution in [-0.2, 0) is 43.2 Å². The first-order valence-corrected chi connectivity index (χ1v) is 14.3. The number of aliphatic carboxylic acids is 1. The molecule has 0 bridgehead atoms. The van der Waals surface area contributed by atoms with Crippen molar-refractivity contribution in [3.05, 3.63) is 90.1 Å². The lowest BCUT2D eigenvalue weighted by Crippen LogP contribution is -2.58. The lowest BCUT2D eigenvalue weighted by molar-refractivity contribution is -0.142. The minimum atomic E-state index is -1.41. The first kappa shape index (κ1) is 32.4. The van der Waals surface area contributed by atoms with Gasteiger partial charge in [-0.1, -0.05) is 48.5 Å². The molecule has 4 aromatic rings. The number of carboxylic acids is 1. The van der Waals surface area contributed by atoms with Crippen molar-refractivity contribution >= 4 is 40.5 Å². The smallest absolute Gasteiger partial charge is 0.326 e. The van der Waals surface area contributed by atoms with Gasteiger partial charge in [0.25, 0.3) is 0 Å². The number of carbonyl (C=O) groups excluding carboxylic acids is 4. The van der Waals surface area contributed by atoms with Crippen LogP contribution in [-0.4, -0.2) is 73.8 Å². The number of nitrogens with zero attached hydrogens (tertiary/aromatic N) is 1. The monoisotopic (exact) mass is 616 g/mol. The van der Waals surface area contributed by atoms with Crippen LogP contribution in [0.3, 0.4) is 0 Å². The van der Waals surface area contributed by atoms with Gasteiger partial charge in [0, 0.05) is 48.3 Å². The molecule has 45 heavy (non-hydrogen) atoms. The minimum Gasteiger partial charge on any atom is -0.480 e. The van der Waals surface area contributed by atoms with Crippen LogP contribution in [0, 0.1) is 0 Å². The zero-order chi connectivity index (χ0) is 32.3. The fourth-order valence-electron chi connectivity index (χ4n) is 4.88. The average molecular weight is 617 g/mol. The van der Waals surface area contributed by atoms with Gasteiger partial charge in [-0.2, -0.15) is 0 Å². The number of carbonyl (C=O) groups is 5. The molecule has 0 saturated carbocycles. The van der Waals surface area contributed by atoms with Gasteiger partial charge in [0.15, 0.2) is 0 Å². The molecule has 2 aromatic carbocycles. The van der Waals surface area contributed by atoms with Crippen molar-refractivity contribution in [2.45, 2.75) is 56.3 Å². The Morgan fingerprint density at radius 2 is 1.44 bits per heavy atom. The lowest BCUT2D eigenvalue weighted by Gasteiger charge is -2.25. The average Bonchev–Trinajstić information content (AvgIpc) is 3.68. The number of rotatable bonds is 16. The zero-order valence-corrected chi connectivity index (χ0v) is 24.4. The summed E-state index contributed by atoms with van der Waals surface area (Å²) in [7, 11) is 0. The maximum atomic E-state index is 13.7. The Labute approximate surface area is 258 Å². The fraction of sp³-hybridized carbons (Fsp3) is 0.290. The predicted octanol–water partition coefficient (Wildman–Crippen LogP) is 0.0507. The summed E-state index contributed by atoms with van der Waals surface area (Å²) < 4.78 is 0. The SMILES string of the molecule is NC(=O)CCC(NC(=O)C(Cc1ccccc1)NC(=O)C(Cc1cnc[nH]1)NC(=O)C(N)Cc1c[nH]c2ccccc12)C(=O)O. The van der Waals surface area contributed by atoms with Crippen LogP contribution in [0.1, 0.15) is 29.7 Å². The summed E-state index contributed by atoms with van der Waals surface area (Å²) in [5, 5.41) is 18.3. The summed E-state index contributed by atoms with van der Waals surface area (Å²) in [5.74, 6) is -4.14. The van der Waals surface area contributed by atoms with Gasteiger partial charge in [-0.25, -0.2) is 9.78 Å². The number of imidazole rings is 1. The van der Waals surface area contributed by atoms with E-state index in [0.717, 1.165) is 16.5 Å². The van der Waals surface area contributed by atoms with Crippen molar-refractivity contribution in [3.8, 4) is 0 Å². The second-order valence-corrected chi connectivity index (χ2v) is 10.7. The molecule has 4 rings (SSSR count). The molecule has 10 N–H and O–H groups in total. The molecule has 2 heterocycles. The molecule has 4 atom stereocenters. The van der Waals surface area contributed by atoms with E-state index in [9.17, 15) is 29.1 Å². The standard InChI is InChI=1S/C31H36N8O6/c32-22(13-19-15-35-23-9-5-4-8-21(19)23)28(41)38-26(14-20-16-34-17-36-20)30(43)39-25(12-18-6-2-1-3-7-18)29(42)37-24(31(44)45)10-11-27(33)40/h1-9,15-17,22,24-26,35H,10-14,32H2,(H2,33,40)(H,34,36)(H,37,42)(H,38,41)(H,39,43)(H,44,45). The minimum absolute atomic E-state index is 0.00736. The number of benzene rings is 2. The van der Waals surface area contributed by atoms with Gasteiger partial charge in [-0.3, -0.25) is 19.2 Å². The zero-order valence-electron chi connectivity index (χ0n) is 24.4. The third-order valence-corrected chi connectivity index (χ3v) is 7.27. The van der Waals surface area contributed by atoms with Gasteiger partial charge in [-0.05, 0) is 30.0 Å². The summed E-state index contributed by atoms with van der Waals surface area (Å²) in [5.41, 5.74) is 14.4. The number of aromatic nitrogens is 3. The first-order valence-electron chi connectivity index (χ1n) is 14.3. The van der Waals surface area contributed by atoms with E-state index >= 15 is 0 Å². The molecule has 2 aromatic heterocycles. The van der Waals surface area contributed by atoms with Crippen LogP contribution in [0.5, 0.6) is 0 Å². The van der Waals surface area contributed by atoms with E-state index in [4.69, 9.17) is 11.5 Å². The summed E-state index contributed by atoms with van der Waals surface area (Å²) in [6.07, 6.45) is 4.46. The Hall–Kier alpha value is -5.50. The van der Waals surface area contributed by atoms with E-state index in [-0.39, 0.29) is 32.1 Å². The number of hydrogen-bond acceptors (Lipinski definition) is 7. The van der Waals surface area contributed by atoms with Gasteiger partial charge in [0.1, 0.15) is 18.1 Å². The van der Waals surface area contributed by atoms with Crippen LogP contribution in [0.4, 0.5) is 0 Å². The second kappa shape index (κ2) is 15.3. The van der Waals surface area contributed by atoms with E-state index in [2.05, 4.69) is 30.9 Å². The number of aromatic amines is 2. The predicted molar refractivity (Wildman–Crippen MR) is 164 cm³/mol. The summed E-state index contributed by atoms with van der Waals surface area (Å²) in [6.45, 7) is 0. The topological polar surface area (TPSA) is 238 Å². The Kier molecular flexibility index (Phi) is 11.0. The van der Waals surface area contributed by atoms with Gasteiger partial charge >= 0.3 is 5.97 Å². The van der Waals surface area contributed by atoms with Crippen molar-refractivity contribution in [1.29, 1.82) is 0 Å². The molecular formula is C31H36N8O6. The summed E-state index contributed by atoms with van der Waals surface area (Å²) in [4.78, 5) is 73.4. The van der Waals surface area contributed by atoms with Crippen molar-refractivity contribution in [3.63, 3.8) is 0 Å². The number of nitrogens with two attached hydrogens (primary N) is 2. The molecule has 14 nitrogen and oxygen atoms in total. The number of H-pyrrole nitrogens is 2. The number of hydrogen-bond donors (Lipinski definition) is 8. The van der Waals surface area contributed by atoms with E-state index in [1.165, 1.54) is 12.5 Å². The first-order chi connectivity index (χ1) is 21.6. The molecule has 14 heteroatoms. The highest BCUT2D eigenvalue weighted by atomic mass is 16.4. The summed E-state index contributed by atoms with van der Waals surface area (Å²) >= 11 is 0. The van der Waals surface area contributed by atoms with E-state index < -0.39 is 53.8 Å². The number of amides is 4. The van der Waals surface area contributed by atoms with Crippen molar-refractivity contribution in [2.75, 3.05) is 0 Å². The van der Waals surface area contributed by atoms with Crippen molar-refractivity contribution in [1.82, 2.24) is 30.9 Å². The molecule has 4 amide bonds. The van der Waals surface area contributed by atoms with Crippen LogP contribution in [0.25, 0.3) is 10.9 Å². The second-order valence-electron chi connectivity index (χ2n) is 10.7. The van der Waals surface area contributed by atoms with Gasteiger partial charge in [0.2, 0.25) is 23.6 Å². The Balaban J connectivity index is 1.51. The third-order valence-electron chi connectivity index (χ3n) is 7.27. The van der Waals surface area contributed by atoms with E-state index in [1.54, 1.807) is 36.5 Å². The van der Waals surface area contributed by atoms with Crippen LogP contribution in [0.2, 0.25) is 0 Å². The normalized spacial score (nSPS) is 13.7. The molecule has 4 unspecified atom stereocenters. The van der Waals surface area contributed by atoms with Gasteiger partial charge in [0.05, 0.1) is 12.4 Å². The largest absolute Gasteiger partial charge is 0.480 e. The quantitative estimate of drug-likeness (QED) is 0.0854. The number of fused-ring (bicyclic) bond motifs is 1. The Morgan fingerprint density at radius 1 is 0.800 bits per heavy atom. The molecule has 236 valence electrons. The van der Waals surface area contributed by atoms with Crippen molar-refractivity contribution in [2.24, 2.45) is 11.5 Å². The molecular weight excluding hydrogens is 580 g/mol. The molecule has 0 aliphatic rings. The van der Waals surface area contributed by atoms with Crippen LogP contribution < -0.4 is 27.4 Å². The van der Waals surface area contributed by atoms with Crippen LogP contribution >= 0.6 is 0 Å². The number of para-hydroxylation sites is 1. The fourth-order valence-corrected chi connectivity index (χ4v) is 4.88. The lowest BCUT2D eigenvalue weighted by atomic mass is 10.0. The molecule has 0 aliphatic carbocycles. The van der Waals surface area contributed by atoms with Crippen molar-refractivity contribution < 1.29 is 29.1 Å². The maximum Gasteiger partial charge on any atom is 0.326 e. The third kappa shape index (κ3) is 9.24.